The zero-order valence-corrected chi connectivity index (χ0v) is 20.1. The van der Waals surface area contributed by atoms with Crippen LogP contribution in [0.4, 0.5) is 5.69 Å². The lowest BCUT2D eigenvalue weighted by Crippen LogP contribution is -2.33. The van der Waals surface area contributed by atoms with Crippen molar-refractivity contribution in [3.63, 3.8) is 0 Å². The number of halogens is 1. The average molecular weight is 467 g/mol. The molecule has 1 N–H and O–H groups in total. The third kappa shape index (κ3) is 7.74. The molecule has 0 saturated heterocycles. The fraction of sp³-hybridized carbons (Fsp3) is 0.435. The largest absolute Gasteiger partial charge is 0.491 e. The molecule has 0 aliphatic rings. The number of para-hydroxylation sites is 1. The van der Waals surface area contributed by atoms with E-state index in [0.29, 0.717) is 36.2 Å². The van der Waals surface area contributed by atoms with Gasteiger partial charge in [-0.1, -0.05) is 49.7 Å². The highest BCUT2D eigenvalue weighted by Gasteiger charge is 2.19. The van der Waals surface area contributed by atoms with Gasteiger partial charge in [0, 0.05) is 18.0 Å². The summed E-state index contributed by atoms with van der Waals surface area (Å²) in [5.74, 6) is 1.04. The molecular formula is C23H31ClN2O4S. The molecule has 2 aromatic carbocycles. The number of aryl methyl sites for hydroxylation is 1. The number of benzene rings is 2. The van der Waals surface area contributed by atoms with Crippen molar-refractivity contribution in [1.29, 1.82) is 0 Å². The second kappa shape index (κ2) is 11.4. The van der Waals surface area contributed by atoms with Gasteiger partial charge in [0.2, 0.25) is 15.9 Å². The SMILES string of the molecule is Cc1ccc(Cl)cc1N(CCCC(=O)NCCOc1ccccc1C(C)C)S(C)(=O)=O. The fourth-order valence-electron chi connectivity index (χ4n) is 3.23. The van der Waals surface area contributed by atoms with Gasteiger partial charge in [0.1, 0.15) is 12.4 Å². The van der Waals surface area contributed by atoms with Gasteiger partial charge in [-0.2, -0.15) is 0 Å². The smallest absolute Gasteiger partial charge is 0.232 e. The quantitative estimate of drug-likeness (QED) is 0.494. The molecule has 2 rings (SSSR count). The molecule has 0 heterocycles. The summed E-state index contributed by atoms with van der Waals surface area (Å²) in [4.78, 5) is 12.2. The number of anilines is 1. The molecule has 8 heteroatoms. The second-order valence-corrected chi connectivity index (χ2v) is 10.1. The lowest BCUT2D eigenvalue weighted by molar-refractivity contribution is -0.121. The third-order valence-corrected chi connectivity index (χ3v) is 6.24. The first kappa shape index (κ1) is 25.0. The maximum atomic E-state index is 12.3. The monoisotopic (exact) mass is 466 g/mol. The number of nitrogens with zero attached hydrogens (tertiary/aromatic N) is 1. The molecule has 0 saturated carbocycles. The first-order valence-electron chi connectivity index (χ1n) is 10.3. The molecule has 170 valence electrons. The van der Waals surface area contributed by atoms with Crippen LogP contribution in [0.1, 0.15) is 43.7 Å². The molecule has 0 aromatic heterocycles. The van der Waals surface area contributed by atoms with E-state index in [1.807, 2.05) is 31.2 Å². The Kier molecular flexibility index (Phi) is 9.19. The average Bonchev–Trinajstić information content (AvgIpc) is 2.70. The molecule has 0 fully saturated rings. The predicted molar refractivity (Wildman–Crippen MR) is 127 cm³/mol. The summed E-state index contributed by atoms with van der Waals surface area (Å²) in [5, 5.41) is 3.29. The topological polar surface area (TPSA) is 75.7 Å². The Morgan fingerprint density at radius 2 is 1.90 bits per heavy atom. The normalized spacial score (nSPS) is 11.4. The number of nitrogens with one attached hydrogen (secondary N) is 1. The Hall–Kier alpha value is -2.25. The van der Waals surface area contributed by atoms with Crippen molar-refractivity contribution in [3.05, 3.63) is 58.6 Å². The lowest BCUT2D eigenvalue weighted by Gasteiger charge is -2.24. The van der Waals surface area contributed by atoms with Gasteiger partial charge >= 0.3 is 0 Å². The maximum absolute atomic E-state index is 12.3. The van der Waals surface area contributed by atoms with E-state index in [1.165, 1.54) is 4.31 Å². The van der Waals surface area contributed by atoms with E-state index >= 15 is 0 Å². The van der Waals surface area contributed by atoms with Crippen LogP contribution in [0.5, 0.6) is 5.75 Å². The molecule has 31 heavy (non-hydrogen) atoms. The van der Waals surface area contributed by atoms with Crippen LogP contribution in [-0.4, -0.2) is 40.3 Å². The first-order chi connectivity index (χ1) is 14.6. The number of amides is 1. The van der Waals surface area contributed by atoms with Gasteiger partial charge in [0.25, 0.3) is 0 Å². The van der Waals surface area contributed by atoms with Crippen LogP contribution in [0.2, 0.25) is 5.02 Å². The zero-order valence-electron chi connectivity index (χ0n) is 18.5. The fourth-order valence-corrected chi connectivity index (χ4v) is 4.41. The lowest BCUT2D eigenvalue weighted by atomic mass is 10.0. The third-order valence-electron chi connectivity index (χ3n) is 4.83. The summed E-state index contributed by atoms with van der Waals surface area (Å²) in [5.41, 5.74) is 2.47. The minimum atomic E-state index is -3.49. The van der Waals surface area contributed by atoms with Crippen LogP contribution in [0.15, 0.2) is 42.5 Å². The molecule has 2 aromatic rings. The highest BCUT2D eigenvalue weighted by molar-refractivity contribution is 7.92. The molecule has 1 amide bonds. The van der Waals surface area contributed by atoms with E-state index in [0.717, 1.165) is 23.1 Å². The minimum absolute atomic E-state index is 0.142. The molecule has 0 radical (unpaired) electrons. The number of hydrogen-bond acceptors (Lipinski definition) is 4. The number of carbonyl (C=O) groups excluding carboxylic acids is 1. The van der Waals surface area contributed by atoms with Gasteiger partial charge in [0.15, 0.2) is 0 Å². The first-order valence-corrected chi connectivity index (χ1v) is 12.5. The minimum Gasteiger partial charge on any atom is -0.491 e. The molecular weight excluding hydrogens is 436 g/mol. The van der Waals surface area contributed by atoms with E-state index in [1.54, 1.807) is 18.2 Å². The van der Waals surface area contributed by atoms with Crippen molar-refractivity contribution in [2.75, 3.05) is 30.3 Å². The van der Waals surface area contributed by atoms with Gasteiger partial charge in [-0.3, -0.25) is 9.10 Å². The van der Waals surface area contributed by atoms with Crippen LogP contribution >= 0.6 is 11.6 Å². The van der Waals surface area contributed by atoms with E-state index in [4.69, 9.17) is 16.3 Å². The van der Waals surface area contributed by atoms with Crippen molar-refractivity contribution in [3.8, 4) is 5.75 Å². The van der Waals surface area contributed by atoms with Gasteiger partial charge in [-0.25, -0.2) is 8.42 Å². The van der Waals surface area contributed by atoms with E-state index < -0.39 is 10.0 Å². The number of carbonyl (C=O) groups is 1. The number of ether oxygens (including phenoxy) is 1. The Balaban J connectivity index is 1.82. The predicted octanol–water partition coefficient (Wildman–Crippen LogP) is 4.51. The summed E-state index contributed by atoms with van der Waals surface area (Å²) in [6.07, 6.45) is 1.76. The molecule has 0 aliphatic heterocycles. The van der Waals surface area contributed by atoms with Crippen molar-refractivity contribution < 1.29 is 17.9 Å². The Morgan fingerprint density at radius 1 is 1.19 bits per heavy atom. The van der Waals surface area contributed by atoms with E-state index in [-0.39, 0.29) is 18.9 Å². The van der Waals surface area contributed by atoms with E-state index in [2.05, 4.69) is 19.2 Å². The summed E-state index contributed by atoms with van der Waals surface area (Å²) in [7, 11) is -3.49. The Labute approximate surface area is 190 Å². The van der Waals surface area contributed by atoms with Gasteiger partial charge < -0.3 is 10.1 Å². The maximum Gasteiger partial charge on any atom is 0.232 e. The summed E-state index contributed by atoms with van der Waals surface area (Å²) >= 11 is 6.04. The number of rotatable bonds is 11. The van der Waals surface area contributed by atoms with Gasteiger partial charge in [0.05, 0.1) is 18.5 Å². The van der Waals surface area contributed by atoms with Crippen molar-refractivity contribution >= 4 is 33.2 Å². The Morgan fingerprint density at radius 3 is 2.58 bits per heavy atom. The molecule has 0 atom stereocenters. The van der Waals surface area contributed by atoms with Gasteiger partial charge in [-0.15, -0.1) is 0 Å². The van der Waals surface area contributed by atoms with Crippen LogP contribution in [-0.2, 0) is 14.8 Å². The van der Waals surface area contributed by atoms with Crippen LogP contribution < -0.4 is 14.4 Å². The number of sulfonamides is 1. The van der Waals surface area contributed by atoms with Crippen molar-refractivity contribution in [2.24, 2.45) is 0 Å². The van der Waals surface area contributed by atoms with Crippen LogP contribution in [0, 0.1) is 6.92 Å². The molecule has 0 aliphatic carbocycles. The van der Waals surface area contributed by atoms with Crippen molar-refractivity contribution in [1.82, 2.24) is 5.32 Å². The summed E-state index contributed by atoms with van der Waals surface area (Å²) in [6.45, 7) is 6.99. The molecule has 6 nitrogen and oxygen atoms in total. The Bertz CT molecular complexity index is 993. The van der Waals surface area contributed by atoms with Gasteiger partial charge in [-0.05, 0) is 48.6 Å². The van der Waals surface area contributed by atoms with Crippen LogP contribution in [0.25, 0.3) is 0 Å². The number of hydrogen-bond donors (Lipinski definition) is 1. The second-order valence-electron chi connectivity index (χ2n) is 7.76. The molecule has 0 bridgehead atoms. The molecule has 0 spiro atoms. The summed E-state index contributed by atoms with van der Waals surface area (Å²) < 4.78 is 31.6. The standard InChI is InChI=1S/C23H31ClN2O4S/c1-17(2)20-8-5-6-9-22(20)30-15-13-25-23(27)10-7-14-26(31(4,28)29)21-16-19(24)12-11-18(21)3/h5-6,8-9,11-12,16-17H,7,10,13-15H2,1-4H3,(H,25,27). The highest BCUT2D eigenvalue weighted by Crippen LogP contribution is 2.27. The van der Waals surface area contributed by atoms with E-state index in [9.17, 15) is 13.2 Å². The van der Waals surface area contributed by atoms with Crippen molar-refractivity contribution in [2.45, 2.75) is 39.5 Å². The zero-order chi connectivity index (χ0) is 23.0. The summed E-state index contributed by atoms with van der Waals surface area (Å²) in [6, 6.07) is 13.0. The highest BCUT2D eigenvalue weighted by atomic mass is 35.5. The molecule has 0 unspecified atom stereocenters. The van der Waals surface area contributed by atoms with Crippen LogP contribution in [0.3, 0.4) is 0 Å².